The summed E-state index contributed by atoms with van der Waals surface area (Å²) >= 11 is 0. The summed E-state index contributed by atoms with van der Waals surface area (Å²) in [4.78, 5) is 0. The van der Waals surface area contributed by atoms with Crippen molar-refractivity contribution in [2.24, 2.45) is 0 Å². The van der Waals surface area contributed by atoms with Crippen LogP contribution in [0.5, 0.6) is 5.75 Å². The van der Waals surface area contributed by atoms with Crippen LogP contribution in [0.25, 0.3) is 0 Å². The second-order valence-corrected chi connectivity index (χ2v) is 3.70. The van der Waals surface area contributed by atoms with Crippen LogP contribution in [-0.2, 0) is 6.42 Å². The molecule has 0 spiro atoms. The molecule has 2 N–H and O–H groups in total. The van der Waals surface area contributed by atoms with E-state index >= 15 is 0 Å². The average molecular weight is 194 g/mol. The summed E-state index contributed by atoms with van der Waals surface area (Å²) in [5.74, 6) is 0.895. The van der Waals surface area contributed by atoms with Crippen LogP contribution in [0.2, 0.25) is 0 Å². The van der Waals surface area contributed by atoms with Crippen molar-refractivity contribution in [2.75, 3.05) is 6.61 Å². The predicted octanol–water partition coefficient (Wildman–Crippen LogP) is 1.04. The van der Waals surface area contributed by atoms with Crippen molar-refractivity contribution >= 4 is 0 Å². The molecule has 0 radical (unpaired) electrons. The van der Waals surface area contributed by atoms with E-state index in [9.17, 15) is 5.11 Å². The first-order chi connectivity index (χ1) is 6.70. The van der Waals surface area contributed by atoms with Gasteiger partial charge in [-0.1, -0.05) is 6.07 Å². The Hall–Kier alpha value is -1.06. The fourth-order valence-corrected chi connectivity index (χ4v) is 1.75. The Balaban J connectivity index is 2.28. The summed E-state index contributed by atoms with van der Waals surface area (Å²) in [6.07, 6.45) is 0.309. The first kappa shape index (κ1) is 9.49. The molecule has 2 rings (SSSR count). The van der Waals surface area contributed by atoms with Gasteiger partial charge >= 0.3 is 0 Å². The minimum atomic E-state index is -0.781. The number of hydrogen-bond donors (Lipinski definition) is 2. The van der Waals surface area contributed by atoms with E-state index in [1.807, 2.05) is 19.1 Å². The first-order valence-corrected chi connectivity index (χ1v) is 4.79. The third-order valence-corrected chi connectivity index (χ3v) is 2.48. The molecule has 2 atom stereocenters. The monoisotopic (exact) mass is 194 g/mol. The predicted molar refractivity (Wildman–Crippen MR) is 52.3 cm³/mol. The van der Waals surface area contributed by atoms with Crippen molar-refractivity contribution in [1.29, 1.82) is 0 Å². The molecule has 3 nitrogen and oxygen atoms in total. The van der Waals surface area contributed by atoms with Gasteiger partial charge in [0.05, 0.1) is 6.61 Å². The number of rotatable bonds is 2. The Morgan fingerprint density at radius 1 is 1.57 bits per heavy atom. The Bertz CT molecular complexity index is 335. The van der Waals surface area contributed by atoms with Crippen LogP contribution in [0, 0.1) is 0 Å². The molecule has 14 heavy (non-hydrogen) atoms. The second kappa shape index (κ2) is 3.59. The molecular weight excluding hydrogens is 180 g/mol. The molecule has 76 valence electrons. The zero-order valence-corrected chi connectivity index (χ0v) is 8.10. The standard InChI is InChI=1S/C11H14O3/c1-7-4-9-5-8(10(13)6-12)2-3-11(9)14-7/h2-3,5,7,10,12-13H,4,6H2,1H3. The van der Waals surface area contributed by atoms with Gasteiger partial charge in [-0.05, 0) is 30.2 Å². The molecule has 0 saturated heterocycles. The largest absolute Gasteiger partial charge is 0.490 e. The van der Waals surface area contributed by atoms with E-state index in [-0.39, 0.29) is 12.7 Å². The van der Waals surface area contributed by atoms with Crippen LogP contribution in [0.3, 0.4) is 0 Å². The zero-order chi connectivity index (χ0) is 10.1. The summed E-state index contributed by atoms with van der Waals surface area (Å²) in [6.45, 7) is 1.78. The van der Waals surface area contributed by atoms with E-state index in [2.05, 4.69) is 0 Å². The molecule has 1 aliphatic heterocycles. The van der Waals surface area contributed by atoms with Crippen LogP contribution < -0.4 is 4.74 Å². The Labute approximate surface area is 83.0 Å². The average Bonchev–Trinajstić information content (AvgIpc) is 2.55. The van der Waals surface area contributed by atoms with Gasteiger partial charge in [-0.3, -0.25) is 0 Å². The lowest BCUT2D eigenvalue weighted by Crippen LogP contribution is -2.05. The maximum absolute atomic E-state index is 9.44. The Morgan fingerprint density at radius 2 is 2.36 bits per heavy atom. The van der Waals surface area contributed by atoms with E-state index < -0.39 is 6.10 Å². The third kappa shape index (κ3) is 1.61. The van der Waals surface area contributed by atoms with Gasteiger partial charge in [0.1, 0.15) is 18.0 Å². The first-order valence-electron chi connectivity index (χ1n) is 4.79. The fourth-order valence-electron chi connectivity index (χ4n) is 1.75. The summed E-state index contributed by atoms with van der Waals surface area (Å²) in [7, 11) is 0. The maximum Gasteiger partial charge on any atom is 0.123 e. The molecule has 3 heteroatoms. The molecule has 1 aliphatic rings. The molecule has 0 aliphatic carbocycles. The quantitative estimate of drug-likeness (QED) is 0.739. The third-order valence-electron chi connectivity index (χ3n) is 2.48. The molecule has 0 bridgehead atoms. The summed E-state index contributed by atoms with van der Waals surface area (Å²) in [6, 6.07) is 5.55. The maximum atomic E-state index is 9.44. The smallest absolute Gasteiger partial charge is 0.123 e. The number of aliphatic hydroxyl groups excluding tert-OH is 2. The topological polar surface area (TPSA) is 49.7 Å². The Kier molecular flexibility index (Phi) is 2.44. The molecule has 2 unspecified atom stereocenters. The van der Waals surface area contributed by atoms with E-state index in [0.29, 0.717) is 0 Å². The highest BCUT2D eigenvalue weighted by Crippen LogP contribution is 2.30. The zero-order valence-electron chi connectivity index (χ0n) is 8.10. The van der Waals surface area contributed by atoms with Gasteiger partial charge in [-0.2, -0.15) is 0 Å². The van der Waals surface area contributed by atoms with Gasteiger partial charge in [-0.15, -0.1) is 0 Å². The summed E-state index contributed by atoms with van der Waals surface area (Å²) in [5, 5.41) is 18.2. The van der Waals surface area contributed by atoms with Crippen LogP contribution in [-0.4, -0.2) is 22.9 Å². The second-order valence-electron chi connectivity index (χ2n) is 3.70. The number of hydrogen-bond acceptors (Lipinski definition) is 3. The minimum Gasteiger partial charge on any atom is -0.490 e. The van der Waals surface area contributed by atoms with Crippen molar-refractivity contribution in [2.45, 2.75) is 25.6 Å². The number of ether oxygens (including phenoxy) is 1. The molecule has 0 aromatic heterocycles. The normalized spacial score (nSPS) is 21.5. The highest BCUT2D eigenvalue weighted by atomic mass is 16.5. The molecule has 0 amide bonds. The number of aliphatic hydroxyl groups is 2. The fraction of sp³-hybridized carbons (Fsp3) is 0.455. The van der Waals surface area contributed by atoms with Gasteiger partial charge in [0.2, 0.25) is 0 Å². The lowest BCUT2D eigenvalue weighted by atomic mass is 10.0. The highest BCUT2D eigenvalue weighted by molar-refractivity contribution is 5.41. The summed E-state index contributed by atoms with van der Waals surface area (Å²) < 4.78 is 5.53. The van der Waals surface area contributed by atoms with E-state index in [0.717, 1.165) is 23.3 Å². The highest BCUT2D eigenvalue weighted by Gasteiger charge is 2.20. The van der Waals surface area contributed by atoms with Gasteiger partial charge in [0, 0.05) is 6.42 Å². The Morgan fingerprint density at radius 3 is 3.07 bits per heavy atom. The lowest BCUT2D eigenvalue weighted by Gasteiger charge is -2.08. The number of fused-ring (bicyclic) bond motifs is 1. The molecule has 1 aromatic carbocycles. The molecule has 1 heterocycles. The van der Waals surface area contributed by atoms with Crippen molar-refractivity contribution in [1.82, 2.24) is 0 Å². The van der Waals surface area contributed by atoms with Crippen molar-refractivity contribution in [3.8, 4) is 5.75 Å². The van der Waals surface area contributed by atoms with E-state index in [1.165, 1.54) is 0 Å². The van der Waals surface area contributed by atoms with Gasteiger partial charge in [0.15, 0.2) is 0 Å². The van der Waals surface area contributed by atoms with Crippen molar-refractivity contribution in [3.63, 3.8) is 0 Å². The van der Waals surface area contributed by atoms with E-state index in [4.69, 9.17) is 9.84 Å². The van der Waals surface area contributed by atoms with Crippen molar-refractivity contribution in [3.05, 3.63) is 29.3 Å². The van der Waals surface area contributed by atoms with Gasteiger partial charge in [-0.25, -0.2) is 0 Å². The van der Waals surface area contributed by atoms with Crippen LogP contribution in [0.1, 0.15) is 24.2 Å². The van der Waals surface area contributed by atoms with Gasteiger partial charge < -0.3 is 14.9 Å². The SMILES string of the molecule is CC1Cc2cc(C(O)CO)ccc2O1. The van der Waals surface area contributed by atoms with Crippen LogP contribution in [0.4, 0.5) is 0 Å². The molecular formula is C11H14O3. The van der Waals surface area contributed by atoms with Gasteiger partial charge in [0.25, 0.3) is 0 Å². The molecule has 0 fully saturated rings. The minimum absolute atomic E-state index is 0.214. The van der Waals surface area contributed by atoms with Crippen LogP contribution >= 0.6 is 0 Å². The number of benzene rings is 1. The summed E-state index contributed by atoms with van der Waals surface area (Å²) in [5.41, 5.74) is 1.87. The van der Waals surface area contributed by atoms with Crippen molar-refractivity contribution < 1.29 is 14.9 Å². The molecule has 0 saturated carbocycles. The van der Waals surface area contributed by atoms with Crippen LogP contribution in [0.15, 0.2) is 18.2 Å². The molecule has 1 aromatic rings. The van der Waals surface area contributed by atoms with E-state index in [1.54, 1.807) is 6.07 Å². The lowest BCUT2D eigenvalue weighted by molar-refractivity contribution is 0.0955.